The van der Waals surface area contributed by atoms with E-state index >= 15 is 0 Å². The highest BCUT2D eigenvalue weighted by molar-refractivity contribution is 5.69. The van der Waals surface area contributed by atoms with Gasteiger partial charge in [0.2, 0.25) is 0 Å². The van der Waals surface area contributed by atoms with E-state index in [-0.39, 0.29) is 24.3 Å². The molecule has 1 aromatic rings. The van der Waals surface area contributed by atoms with Crippen LogP contribution in [-0.2, 0) is 20.9 Å². The number of hydrogen-bond acceptors (Lipinski definition) is 5. The molecule has 0 N–H and O–H groups in total. The predicted octanol–water partition coefficient (Wildman–Crippen LogP) is 3.46. The van der Waals surface area contributed by atoms with Crippen LogP contribution in [0.4, 0.5) is 4.79 Å². The van der Waals surface area contributed by atoms with E-state index in [0.717, 1.165) is 12.8 Å². The summed E-state index contributed by atoms with van der Waals surface area (Å²) in [6.07, 6.45) is 1.85. The smallest absolute Gasteiger partial charge is 0.410 e. The number of benzene rings is 1. The maximum Gasteiger partial charge on any atom is 0.410 e. The van der Waals surface area contributed by atoms with Crippen LogP contribution in [0.2, 0.25) is 0 Å². The minimum atomic E-state index is -0.498. The lowest BCUT2D eigenvalue weighted by molar-refractivity contribution is -0.171. The number of amides is 1. The van der Waals surface area contributed by atoms with Gasteiger partial charge < -0.3 is 14.4 Å². The Bertz CT molecular complexity index is 690. The van der Waals surface area contributed by atoms with Gasteiger partial charge in [-0.15, -0.1) is 0 Å². The normalized spacial score (nSPS) is 32.4. The molecule has 0 spiro atoms. The van der Waals surface area contributed by atoms with E-state index in [1.165, 1.54) is 5.56 Å². The molecule has 6 nitrogen and oxygen atoms in total. The highest BCUT2D eigenvalue weighted by Crippen LogP contribution is 2.48. The van der Waals surface area contributed by atoms with E-state index in [4.69, 9.17) is 14.3 Å². The number of likely N-dealkylation sites (N-methyl/N-ethyl adjacent to an activating group) is 1. The third-order valence-corrected chi connectivity index (χ3v) is 6.13. The molecule has 5 atom stereocenters. The summed E-state index contributed by atoms with van der Waals surface area (Å²) in [5.74, 6) is 0.744. The molecule has 2 saturated heterocycles. The molecular weight excluding hydrogens is 356 g/mol. The standard InChI is InChI=1S/C22H32N2O4/c1-22(2,3)27-21(25)24-11-10-18-17-12-16(19(24)20(17)23(4)28-18)14-26-13-15-8-6-5-7-9-15/h5-9,16-20H,10-14H2,1-4H3/t16-,17-,18+,19-,20?/m0/s1. The van der Waals surface area contributed by atoms with Gasteiger partial charge >= 0.3 is 6.09 Å². The summed E-state index contributed by atoms with van der Waals surface area (Å²) in [6.45, 7) is 7.68. The van der Waals surface area contributed by atoms with Crippen LogP contribution in [0.5, 0.6) is 0 Å². The van der Waals surface area contributed by atoms with Gasteiger partial charge in [-0.05, 0) is 39.2 Å². The van der Waals surface area contributed by atoms with Crippen molar-refractivity contribution in [3.63, 3.8) is 0 Å². The van der Waals surface area contributed by atoms with Crippen molar-refractivity contribution in [2.75, 3.05) is 20.2 Å². The second-order valence-electron chi connectivity index (χ2n) is 9.29. The molecule has 154 valence electrons. The van der Waals surface area contributed by atoms with Gasteiger partial charge in [-0.1, -0.05) is 30.3 Å². The van der Waals surface area contributed by atoms with E-state index in [0.29, 0.717) is 31.6 Å². The van der Waals surface area contributed by atoms with Crippen molar-refractivity contribution in [2.24, 2.45) is 11.8 Å². The van der Waals surface area contributed by atoms with Crippen LogP contribution < -0.4 is 0 Å². The number of ether oxygens (including phenoxy) is 2. The predicted molar refractivity (Wildman–Crippen MR) is 105 cm³/mol. The second-order valence-corrected chi connectivity index (χ2v) is 9.29. The molecule has 0 aromatic heterocycles. The fourth-order valence-corrected chi connectivity index (χ4v) is 5.10. The average molecular weight is 389 g/mol. The van der Waals surface area contributed by atoms with E-state index in [9.17, 15) is 4.79 Å². The topological polar surface area (TPSA) is 51.2 Å². The van der Waals surface area contributed by atoms with E-state index in [2.05, 4.69) is 12.1 Å². The first-order chi connectivity index (χ1) is 13.3. The maximum atomic E-state index is 13.0. The van der Waals surface area contributed by atoms with E-state index in [1.807, 2.05) is 56.0 Å². The van der Waals surface area contributed by atoms with Crippen LogP contribution in [-0.4, -0.2) is 60.0 Å². The quantitative estimate of drug-likeness (QED) is 0.791. The Kier molecular flexibility index (Phi) is 5.38. The van der Waals surface area contributed by atoms with Crippen LogP contribution in [0.1, 0.15) is 39.2 Å². The van der Waals surface area contributed by atoms with Crippen molar-refractivity contribution in [1.29, 1.82) is 0 Å². The van der Waals surface area contributed by atoms with Crippen molar-refractivity contribution in [3.05, 3.63) is 35.9 Å². The Labute approximate surface area is 167 Å². The van der Waals surface area contributed by atoms with Gasteiger partial charge in [0.1, 0.15) is 5.60 Å². The molecule has 2 aliphatic heterocycles. The van der Waals surface area contributed by atoms with Gasteiger partial charge in [0, 0.05) is 25.4 Å². The minimum Gasteiger partial charge on any atom is -0.444 e. The molecule has 28 heavy (non-hydrogen) atoms. The molecule has 4 rings (SSSR count). The van der Waals surface area contributed by atoms with Crippen molar-refractivity contribution < 1.29 is 19.1 Å². The first-order valence-corrected chi connectivity index (χ1v) is 10.3. The molecular formula is C22H32N2O4. The van der Waals surface area contributed by atoms with Gasteiger partial charge in [-0.25, -0.2) is 4.79 Å². The molecule has 1 aliphatic carbocycles. The number of carbonyl (C=O) groups excluding carboxylic acids is 1. The molecule has 2 heterocycles. The van der Waals surface area contributed by atoms with Gasteiger partial charge in [-0.3, -0.25) is 4.84 Å². The van der Waals surface area contributed by atoms with Gasteiger partial charge in [0.05, 0.1) is 31.4 Å². The van der Waals surface area contributed by atoms with Gasteiger partial charge in [-0.2, -0.15) is 5.06 Å². The summed E-state index contributed by atoms with van der Waals surface area (Å²) in [4.78, 5) is 21.0. The number of hydroxylamine groups is 2. The van der Waals surface area contributed by atoms with Crippen LogP contribution in [0.15, 0.2) is 30.3 Å². The zero-order valence-electron chi connectivity index (χ0n) is 17.3. The van der Waals surface area contributed by atoms with Crippen molar-refractivity contribution in [3.8, 4) is 0 Å². The maximum absolute atomic E-state index is 13.0. The highest BCUT2D eigenvalue weighted by atomic mass is 16.7. The molecule has 1 saturated carbocycles. The Hall–Kier alpha value is -1.63. The number of rotatable bonds is 4. The monoisotopic (exact) mass is 388 g/mol. The van der Waals surface area contributed by atoms with Crippen molar-refractivity contribution in [2.45, 2.75) is 64.0 Å². The molecule has 1 unspecified atom stereocenters. The summed E-state index contributed by atoms with van der Waals surface area (Å²) >= 11 is 0. The number of hydrogen-bond donors (Lipinski definition) is 0. The summed E-state index contributed by atoms with van der Waals surface area (Å²) in [5.41, 5.74) is 0.675. The fourth-order valence-electron chi connectivity index (χ4n) is 5.10. The lowest BCUT2D eigenvalue weighted by Crippen LogP contribution is -2.54. The largest absolute Gasteiger partial charge is 0.444 e. The van der Waals surface area contributed by atoms with Crippen LogP contribution >= 0.6 is 0 Å². The molecule has 6 heteroatoms. The summed E-state index contributed by atoms with van der Waals surface area (Å²) in [5, 5.41) is 1.98. The third kappa shape index (κ3) is 3.91. The van der Waals surface area contributed by atoms with Crippen LogP contribution in [0.25, 0.3) is 0 Å². The minimum absolute atomic E-state index is 0.0631. The summed E-state index contributed by atoms with van der Waals surface area (Å²) < 4.78 is 11.8. The lowest BCUT2D eigenvalue weighted by Gasteiger charge is -2.39. The van der Waals surface area contributed by atoms with Crippen LogP contribution in [0, 0.1) is 11.8 Å². The molecule has 1 aromatic carbocycles. The van der Waals surface area contributed by atoms with Crippen LogP contribution in [0.3, 0.4) is 0 Å². The lowest BCUT2D eigenvalue weighted by atomic mass is 9.95. The van der Waals surface area contributed by atoms with Crippen molar-refractivity contribution in [1.82, 2.24) is 9.96 Å². The van der Waals surface area contributed by atoms with Gasteiger partial charge in [0.15, 0.2) is 0 Å². The first kappa shape index (κ1) is 19.7. The molecule has 0 radical (unpaired) electrons. The number of carbonyl (C=O) groups is 1. The molecule has 4 bridgehead atoms. The second kappa shape index (κ2) is 7.65. The van der Waals surface area contributed by atoms with E-state index in [1.54, 1.807) is 0 Å². The fraction of sp³-hybridized carbons (Fsp3) is 0.682. The summed E-state index contributed by atoms with van der Waals surface area (Å²) in [7, 11) is 2.00. The Balaban J connectivity index is 1.48. The number of nitrogens with zero attached hydrogens (tertiary/aromatic N) is 2. The molecule has 3 fully saturated rings. The van der Waals surface area contributed by atoms with Crippen molar-refractivity contribution >= 4 is 6.09 Å². The summed E-state index contributed by atoms with van der Waals surface area (Å²) in [6, 6.07) is 10.5. The molecule has 3 aliphatic rings. The van der Waals surface area contributed by atoms with E-state index < -0.39 is 5.60 Å². The molecule has 1 amide bonds. The Morgan fingerprint density at radius 1 is 1.21 bits per heavy atom. The Morgan fingerprint density at radius 3 is 2.68 bits per heavy atom. The zero-order valence-corrected chi connectivity index (χ0v) is 17.3. The Morgan fingerprint density at radius 2 is 1.96 bits per heavy atom. The first-order valence-electron chi connectivity index (χ1n) is 10.3. The zero-order chi connectivity index (χ0) is 19.9. The third-order valence-electron chi connectivity index (χ3n) is 6.13. The van der Waals surface area contributed by atoms with Gasteiger partial charge in [0.25, 0.3) is 0 Å². The SMILES string of the molecule is CN1O[C@@H]2CCN(C(=O)OC(C)(C)C)[C@@H]3C1[C@H]2C[C@H]3COCc1ccccc1. The highest BCUT2D eigenvalue weighted by Gasteiger charge is 2.58. The average Bonchev–Trinajstić information content (AvgIpc) is 3.06. The number of likely N-dealkylation sites (tertiary alicyclic amines) is 1.